The number of hydrogen-bond acceptors (Lipinski definition) is 4. The van der Waals surface area contributed by atoms with E-state index in [1.807, 2.05) is 32.9 Å². The van der Waals surface area contributed by atoms with E-state index in [-0.39, 0.29) is 18.1 Å². The Labute approximate surface area is 147 Å². The van der Waals surface area contributed by atoms with E-state index in [4.69, 9.17) is 4.74 Å². The summed E-state index contributed by atoms with van der Waals surface area (Å²) in [5.41, 5.74) is 4.54. The number of ketones is 1. The van der Waals surface area contributed by atoms with Crippen LogP contribution in [-0.2, 0) is 4.74 Å². The fourth-order valence-electron chi connectivity index (χ4n) is 2.76. The topological polar surface area (TPSA) is 59.2 Å². The number of nitrogens with one attached hydrogen (secondary N) is 1. The maximum atomic E-state index is 12.7. The molecule has 2 aromatic rings. The monoisotopic (exact) mass is 345 g/mol. The number of aryl methyl sites for hydroxylation is 4. The van der Waals surface area contributed by atoms with Crippen molar-refractivity contribution in [3.8, 4) is 0 Å². The molecule has 0 unspecified atom stereocenters. The molecule has 0 spiro atoms. The first kappa shape index (κ1) is 18.3. The number of H-pyrrole nitrogens is 1. The molecule has 0 aliphatic carbocycles. The average Bonchev–Trinajstić information content (AvgIpc) is 2.80. The van der Waals surface area contributed by atoms with Crippen LogP contribution in [0.3, 0.4) is 0 Å². The van der Waals surface area contributed by atoms with Crippen LogP contribution in [-0.4, -0.2) is 29.1 Å². The molecule has 5 heteroatoms. The summed E-state index contributed by atoms with van der Waals surface area (Å²) in [6.45, 7) is 9.72. The lowest BCUT2D eigenvalue weighted by molar-refractivity contribution is 0.0522. The molecule has 0 aliphatic rings. The van der Waals surface area contributed by atoms with Gasteiger partial charge in [0, 0.05) is 16.3 Å². The van der Waals surface area contributed by atoms with Crippen LogP contribution in [0, 0.1) is 27.7 Å². The van der Waals surface area contributed by atoms with Crippen molar-refractivity contribution in [2.24, 2.45) is 0 Å². The van der Waals surface area contributed by atoms with Crippen LogP contribution in [0.4, 0.5) is 0 Å². The number of ether oxygens (including phenoxy) is 1. The SMILES string of the molecule is CCOC(=O)c1c(C)[nH]c(C)c1C(=O)CSc1ccc(C)cc1C. The van der Waals surface area contributed by atoms with Gasteiger partial charge in [0.05, 0.1) is 23.5 Å². The fraction of sp³-hybridized carbons (Fsp3) is 0.368. The zero-order chi connectivity index (χ0) is 17.9. The summed E-state index contributed by atoms with van der Waals surface area (Å²) in [6, 6.07) is 6.17. The molecule has 0 saturated carbocycles. The number of esters is 1. The van der Waals surface area contributed by atoms with E-state index in [1.165, 1.54) is 17.3 Å². The summed E-state index contributed by atoms with van der Waals surface area (Å²) < 4.78 is 5.09. The van der Waals surface area contributed by atoms with Gasteiger partial charge in [-0.25, -0.2) is 4.79 Å². The molecule has 0 saturated heterocycles. The first-order chi connectivity index (χ1) is 11.3. The van der Waals surface area contributed by atoms with Crippen molar-refractivity contribution in [1.29, 1.82) is 0 Å². The van der Waals surface area contributed by atoms with E-state index in [1.54, 1.807) is 13.8 Å². The number of thioether (sulfide) groups is 1. The van der Waals surface area contributed by atoms with Gasteiger partial charge in [-0.2, -0.15) is 0 Å². The van der Waals surface area contributed by atoms with Crippen molar-refractivity contribution in [2.45, 2.75) is 39.5 Å². The Kier molecular flexibility index (Phi) is 5.89. The minimum Gasteiger partial charge on any atom is -0.462 e. The van der Waals surface area contributed by atoms with Crippen LogP contribution in [0.25, 0.3) is 0 Å². The number of Topliss-reactive ketones (excluding diaryl/α,β-unsaturated/α-hetero) is 1. The highest BCUT2D eigenvalue weighted by Gasteiger charge is 2.25. The van der Waals surface area contributed by atoms with Crippen molar-refractivity contribution in [1.82, 2.24) is 4.98 Å². The molecule has 1 heterocycles. The van der Waals surface area contributed by atoms with E-state index >= 15 is 0 Å². The third-order valence-corrected chi connectivity index (χ3v) is 5.00. The smallest absolute Gasteiger partial charge is 0.340 e. The number of aromatic nitrogens is 1. The molecule has 0 amide bonds. The summed E-state index contributed by atoms with van der Waals surface area (Å²) in [4.78, 5) is 29.0. The van der Waals surface area contributed by atoms with E-state index in [0.717, 1.165) is 10.5 Å². The molecule has 1 aromatic heterocycles. The van der Waals surface area contributed by atoms with Crippen LogP contribution in [0.1, 0.15) is 50.2 Å². The van der Waals surface area contributed by atoms with Gasteiger partial charge in [-0.1, -0.05) is 17.7 Å². The minimum atomic E-state index is -0.445. The molecule has 0 aliphatic heterocycles. The van der Waals surface area contributed by atoms with Crippen molar-refractivity contribution in [2.75, 3.05) is 12.4 Å². The molecule has 2 rings (SSSR count). The Morgan fingerprint density at radius 2 is 1.75 bits per heavy atom. The lowest BCUT2D eigenvalue weighted by atomic mass is 10.1. The van der Waals surface area contributed by atoms with Gasteiger partial charge in [-0.3, -0.25) is 4.79 Å². The molecule has 128 valence electrons. The number of carbonyl (C=O) groups is 2. The highest BCUT2D eigenvalue weighted by molar-refractivity contribution is 8.00. The minimum absolute atomic E-state index is 0.0649. The van der Waals surface area contributed by atoms with Crippen molar-refractivity contribution >= 4 is 23.5 Å². The first-order valence-electron chi connectivity index (χ1n) is 7.94. The van der Waals surface area contributed by atoms with Gasteiger partial charge in [0.25, 0.3) is 0 Å². The van der Waals surface area contributed by atoms with Crippen LogP contribution in [0.5, 0.6) is 0 Å². The number of hydrogen-bond donors (Lipinski definition) is 1. The van der Waals surface area contributed by atoms with Gasteiger partial charge in [-0.15, -0.1) is 11.8 Å². The van der Waals surface area contributed by atoms with Crippen molar-refractivity contribution < 1.29 is 14.3 Å². The molecule has 0 radical (unpaired) electrons. The highest BCUT2D eigenvalue weighted by Crippen LogP contribution is 2.26. The van der Waals surface area contributed by atoms with Crippen LogP contribution < -0.4 is 0 Å². The van der Waals surface area contributed by atoms with Crippen LogP contribution in [0.15, 0.2) is 23.1 Å². The number of rotatable bonds is 6. The second kappa shape index (κ2) is 7.71. The quantitative estimate of drug-likeness (QED) is 0.479. The van der Waals surface area contributed by atoms with E-state index in [9.17, 15) is 9.59 Å². The lowest BCUT2D eigenvalue weighted by Gasteiger charge is -2.08. The van der Waals surface area contributed by atoms with Crippen LogP contribution >= 0.6 is 11.8 Å². The van der Waals surface area contributed by atoms with E-state index in [2.05, 4.69) is 11.1 Å². The van der Waals surface area contributed by atoms with Gasteiger partial charge < -0.3 is 9.72 Å². The van der Waals surface area contributed by atoms with Crippen molar-refractivity contribution in [3.63, 3.8) is 0 Å². The van der Waals surface area contributed by atoms with Crippen molar-refractivity contribution in [3.05, 3.63) is 51.8 Å². The van der Waals surface area contributed by atoms with Gasteiger partial charge >= 0.3 is 5.97 Å². The second-order valence-corrected chi connectivity index (χ2v) is 6.84. The Morgan fingerprint density at radius 1 is 1.08 bits per heavy atom. The molecule has 4 nitrogen and oxygen atoms in total. The van der Waals surface area contributed by atoms with Gasteiger partial charge in [0.2, 0.25) is 0 Å². The normalized spacial score (nSPS) is 10.7. The largest absolute Gasteiger partial charge is 0.462 e. The summed E-state index contributed by atoms with van der Waals surface area (Å²) in [6.07, 6.45) is 0. The number of carbonyl (C=O) groups excluding carboxylic acids is 2. The van der Waals surface area contributed by atoms with Gasteiger partial charge in [-0.05, 0) is 46.2 Å². The highest BCUT2D eigenvalue weighted by atomic mass is 32.2. The third-order valence-electron chi connectivity index (χ3n) is 3.82. The standard InChI is InChI=1S/C19H23NO3S/c1-6-23-19(22)18-14(5)20-13(4)17(18)15(21)10-24-16-8-7-11(2)9-12(16)3/h7-9,20H,6,10H2,1-5H3. The Morgan fingerprint density at radius 3 is 2.38 bits per heavy atom. The molecular formula is C19H23NO3S. The molecule has 0 atom stereocenters. The number of benzene rings is 1. The molecule has 0 bridgehead atoms. The maximum absolute atomic E-state index is 12.7. The zero-order valence-corrected chi connectivity index (χ0v) is 15.6. The Balaban J connectivity index is 2.22. The average molecular weight is 345 g/mol. The Hall–Kier alpha value is -2.01. The van der Waals surface area contributed by atoms with E-state index < -0.39 is 5.97 Å². The molecular weight excluding hydrogens is 322 g/mol. The maximum Gasteiger partial charge on any atom is 0.340 e. The zero-order valence-electron chi connectivity index (χ0n) is 14.8. The molecule has 24 heavy (non-hydrogen) atoms. The first-order valence-corrected chi connectivity index (χ1v) is 8.93. The predicted molar refractivity (Wildman–Crippen MR) is 97.2 cm³/mol. The summed E-state index contributed by atoms with van der Waals surface area (Å²) >= 11 is 1.49. The third kappa shape index (κ3) is 3.90. The molecule has 1 N–H and O–H groups in total. The summed E-state index contributed by atoms with van der Waals surface area (Å²) in [5.74, 6) is -0.224. The van der Waals surface area contributed by atoms with E-state index in [0.29, 0.717) is 22.5 Å². The second-order valence-electron chi connectivity index (χ2n) is 5.83. The fourth-order valence-corrected chi connectivity index (χ4v) is 3.65. The lowest BCUT2D eigenvalue weighted by Crippen LogP contribution is -2.13. The summed E-state index contributed by atoms with van der Waals surface area (Å²) in [7, 11) is 0. The summed E-state index contributed by atoms with van der Waals surface area (Å²) in [5, 5.41) is 0. The van der Waals surface area contributed by atoms with Gasteiger partial charge in [0.15, 0.2) is 5.78 Å². The van der Waals surface area contributed by atoms with Gasteiger partial charge in [0.1, 0.15) is 0 Å². The van der Waals surface area contributed by atoms with Crippen LogP contribution in [0.2, 0.25) is 0 Å². The Bertz CT molecular complexity index is 777. The molecule has 0 fully saturated rings. The number of aromatic amines is 1. The predicted octanol–water partition coefficient (Wildman–Crippen LogP) is 4.40. The molecule has 1 aromatic carbocycles.